The van der Waals surface area contributed by atoms with E-state index < -0.39 is 0 Å². The van der Waals surface area contributed by atoms with E-state index in [2.05, 4.69) is 20.3 Å². The monoisotopic (exact) mass is 298 g/mol. The Balaban J connectivity index is 1.90. The van der Waals surface area contributed by atoms with E-state index in [1.165, 1.54) is 11.3 Å². The quantitative estimate of drug-likeness (QED) is 0.729. The lowest BCUT2D eigenvalue weighted by Crippen LogP contribution is -2.04. The van der Waals surface area contributed by atoms with E-state index in [1.54, 1.807) is 5.38 Å². The Kier molecular flexibility index (Phi) is 3.02. The number of thiophene rings is 1. The van der Waals surface area contributed by atoms with Crippen molar-refractivity contribution in [2.45, 2.75) is 6.54 Å². The van der Waals surface area contributed by atoms with E-state index >= 15 is 0 Å². The van der Waals surface area contributed by atoms with Crippen molar-refractivity contribution < 1.29 is 0 Å². The molecule has 0 bridgehead atoms. The molecule has 2 N–H and O–H groups in total. The highest BCUT2D eigenvalue weighted by Gasteiger charge is 2.07. The first-order valence-corrected chi connectivity index (χ1v) is 7.17. The van der Waals surface area contributed by atoms with Crippen molar-refractivity contribution in [3.63, 3.8) is 0 Å². The summed E-state index contributed by atoms with van der Waals surface area (Å²) >= 11 is 8.51. The number of nitrogens with zero attached hydrogens (tertiary/aromatic N) is 2. The highest BCUT2D eigenvalue weighted by atomic mass is 35.5. The second-order valence-corrected chi connectivity index (χ2v) is 5.58. The van der Waals surface area contributed by atoms with Crippen LogP contribution in [0.3, 0.4) is 0 Å². The van der Waals surface area contributed by atoms with Gasteiger partial charge < -0.3 is 10.3 Å². The van der Waals surface area contributed by atoms with Crippen LogP contribution in [0.15, 0.2) is 21.6 Å². The minimum absolute atomic E-state index is 0.0619. The number of aromatic amines is 1. The van der Waals surface area contributed by atoms with Crippen LogP contribution in [-0.2, 0) is 6.54 Å². The smallest absolute Gasteiger partial charge is 0.304 e. The van der Waals surface area contributed by atoms with Crippen LogP contribution < -0.4 is 10.2 Å². The Morgan fingerprint density at radius 3 is 3.06 bits per heavy atom. The molecule has 0 spiro atoms. The fourth-order valence-electron chi connectivity index (χ4n) is 1.54. The Morgan fingerprint density at radius 1 is 1.39 bits per heavy atom. The fraction of sp³-hybridized carbons (Fsp3) is 0.100. The molecule has 18 heavy (non-hydrogen) atoms. The minimum Gasteiger partial charge on any atom is -0.364 e. The van der Waals surface area contributed by atoms with Crippen molar-refractivity contribution >= 4 is 50.3 Å². The average molecular weight is 299 g/mol. The molecule has 0 radical (unpaired) electrons. The predicted octanol–water partition coefficient (Wildman–Crippen LogP) is 2.71. The predicted molar refractivity (Wildman–Crippen MR) is 74.7 cm³/mol. The molecular formula is C10H7ClN4OS2. The molecule has 0 aromatic carbocycles. The van der Waals surface area contributed by atoms with Gasteiger partial charge in [-0.25, -0.2) is 9.97 Å². The van der Waals surface area contributed by atoms with Gasteiger partial charge in [-0.2, -0.15) is 0 Å². The van der Waals surface area contributed by atoms with Crippen LogP contribution in [-0.4, -0.2) is 15.0 Å². The molecule has 0 aliphatic carbocycles. The summed E-state index contributed by atoms with van der Waals surface area (Å²) in [4.78, 5) is 22.8. The van der Waals surface area contributed by atoms with Crippen molar-refractivity contribution in [2.24, 2.45) is 0 Å². The third kappa shape index (κ3) is 2.24. The number of thiazole rings is 1. The van der Waals surface area contributed by atoms with Crippen molar-refractivity contribution in [3.05, 3.63) is 37.5 Å². The summed E-state index contributed by atoms with van der Waals surface area (Å²) in [5, 5.41) is 8.02. The molecule has 0 saturated carbocycles. The summed E-state index contributed by atoms with van der Waals surface area (Å²) in [6, 6.07) is 1.94. The van der Waals surface area contributed by atoms with E-state index in [9.17, 15) is 4.79 Å². The summed E-state index contributed by atoms with van der Waals surface area (Å²) in [6.45, 7) is 0.497. The first kappa shape index (κ1) is 11.6. The third-order valence-electron chi connectivity index (χ3n) is 2.31. The van der Waals surface area contributed by atoms with Gasteiger partial charge in [0.15, 0.2) is 0 Å². The molecule has 0 saturated heterocycles. The molecular weight excluding hydrogens is 292 g/mol. The van der Waals surface area contributed by atoms with Gasteiger partial charge in [-0.1, -0.05) is 11.3 Å². The molecule has 3 aromatic heterocycles. The van der Waals surface area contributed by atoms with Gasteiger partial charge in [0.25, 0.3) is 0 Å². The molecule has 0 atom stereocenters. The van der Waals surface area contributed by atoms with Crippen molar-refractivity contribution in [1.82, 2.24) is 15.0 Å². The zero-order valence-electron chi connectivity index (χ0n) is 8.94. The summed E-state index contributed by atoms with van der Waals surface area (Å²) in [5.41, 5.74) is 0.822. The van der Waals surface area contributed by atoms with E-state index in [1.807, 2.05) is 11.4 Å². The van der Waals surface area contributed by atoms with Gasteiger partial charge >= 0.3 is 4.87 Å². The lowest BCUT2D eigenvalue weighted by Gasteiger charge is -2.05. The summed E-state index contributed by atoms with van der Waals surface area (Å²) in [6.07, 6.45) is 0. The lowest BCUT2D eigenvalue weighted by atomic mass is 10.3. The van der Waals surface area contributed by atoms with Gasteiger partial charge in [-0.3, -0.25) is 4.79 Å². The van der Waals surface area contributed by atoms with Gasteiger partial charge in [0.05, 0.1) is 11.9 Å². The van der Waals surface area contributed by atoms with Crippen molar-refractivity contribution in [1.29, 1.82) is 0 Å². The largest absolute Gasteiger partial charge is 0.364 e. The minimum atomic E-state index is -0.0619. The molecule has 0 aliphatic heterocycles. The van der Waals surface area contributed by atoms with E-state index in [4.69, 9.17) is 11.6 Å². The van der Waals surface area contributed by atoms with Crippen LogP contribution in [0.4, 0.5) is 5.82 Å². The van der Waals surface area contributed by atoms with E-state index in [0.717, 1.165) is 27.2 Å². The first-order valence-electron chi connectivity index (χ1n) is 5.03. The SMILES string of the molecule is O=c1[nH]c(CNc2nc(Cl)nc3sccc23)cs1. The third-order valence-corrected chi connectivity index (χ3v) is 4.01. The zero-order chi connectivity index (χ0) is 12.5. The van der Waals surface area contributed by atoms with Gasteiger partial charge in [-0.15, -0.1) is 11.3 Å². The van der Waals surface area contributed by atoms with Gasteiger partial charge in [0.2, 0.25) is 5.28 Å². The Labute approximate surface area is 114 Å². The molecule has 0 unspecified atom stereocenters. The number of anilines is 1. The van der Waals surface area contributed by atoms with Crippen molar-refractivity contribution in [2.75, 3.05) is 5.32 Å². The number of fused-ring (bicyclic) bond motifs is 1. The number of hydrogen-bond acceptors (Lipinski definition) is 6. The summed E-state index contributed by atoms with van der Waals surface area (Å²) in [7, 11) is 0. The second-order valence-electron chi connectivity index (χ2n) is 3.51. The Bertz CT molecular complexity index is 748. The maximum Gasteiger partial charge on any atom is 0.304 e. The molecule has 0 amide bonds. The average Bonchev–Trinajstić information content (AvgIpc) is 2.94. The molecule has 3 aromatic rings. The maximum absolute atomic E-state index is 11.0. The molecule has 3 rings (SSSR count). The number of hydrogen-bond donors (Lipinski definition) is 2. The molecule has 8 heteroatoms. The number of rotatable bonds is 3. The van der Waals surface area contributed by atoms with Crippen LogP contribution in [0.1, 0.15) is 5.69 Å². The molecule has 0 aliphatic rings. The Hall–Kier alpha value is -1.44. The van der Waals surface area contributed by atoms with E-state index in [-0.39, 0.29) is 10.2 Å². The lowest BCUT2D eigenvalue weighted by molar-refractivity contribution is 1.04. The zero-order valence-corrected chi connectivity index (χ0v) is 11.3. The normalized spacial score (nSPS) is 10.9. The van der Waals surface area contributed by atoms with Gasteiger partial charge in [-0.05, 0) is 23.0 Å². The number of H-pyrrole nitrogens is 1. The van der Waals surface area contributed by atoms with Crippen LogP contribution in [0.5, 0.6) is 0 Å². The molecule has 0 fully saturated rings. The first-order chi connectivity index (χ1) is 8.72. The maximum atomic E-state index is 11.0. The Morgan fingerprint density at radius 2 is 2.28 bits per heavy atom. The van der Waals surface area contributed by atoms with Crippen LogP contribution in [0, 0.1) is 0 Å². The topological polar surface area (TPSA) is 70.7 Å². The molecule has 3 heterocycles. The molecule has 92 valence electrons. The van der Waals surface area contributed by atoms with Crippen LogP contribution >= 0.6 is 34.3 Å². The van der Waals surface area contributed by atoms with E-state index in [0.29, 0.717) is 12.4 Å². The van der Waals surface area contributed by atoms with Crippen LogP contribution in [0.25, 0.3) is 10.2 Å². The number of halogens is 1. The highest BCUT2D eigenvalue weighted by Crippen LogP contribution is 2.26. The second kappa shape index (κ2) is 4.68. The fourth-order valence-corrected chi connectivity index (χ4v) is 3.11. The number of nitrogens with one attached hydrogen (secondary N) is 2. The highest BCUT2D eigenvalue weighted by molar-refractivity contribution is 7.16. The molecule has 5 nitrogen and oxygen atoms in total. The summed E-state index contributed by atoms with van der Waals surface area (Å²) < 4.78 is 0. The van der Waals surface area contributed by atoms with Crippen LogP contribution in [0.2, 0.25) is 5.28 Å². The van der Waals surface area contributed by atoms with Gasteiger partial charge in [0, 0.05) is 11.1 Å². The summed E-state index contributed by atoms with van der Waals surface area (Å²) in [5.74, 6) is 0.679. The number of aromatic nitrogens is 3. The van der Waals surface area contributed by atoms with Crippen molar-refractivity contribution in [3.8, 4) is 0 Å². The standard InChI is InChI=1S/C10H7ClN4OS2/c11-9-14-7(6-1-2-17-8(6)15-9)12-3-5-4-18-10(16)13-5/h1-2,4H,3H2,(H,13,16)(H,12,14,15). The van der Waals surface area contributed by atoms with Gasteiger partial charge in [0.1, 0.15) is 10.6 Å².